The van der Waals surface area contributed by atoms with E-state index in [1.807, 2.05) is 32.9 Å². The van der Waals surface area contributed by atoms with E-state index < -0.39 is 12.5 Å². The lowest BCUT2D eigenvalue weighted by atomic mass is 9.93. The zero-order valence-electron chi connectivity index (χ0n) is 11.8. The maximum atomic E-state index is 12.5. The average Bonchev–Trinajstić information content (AvgIpc) is 2.42. The van der Waals surface area contributed by atoms with Crippen molar-refractivity contribution in [2.24, 2.45) is 0 Å². The van der Waals surface area contributed by atoms with Gasteiger partial charge in [0.25, 0.3) is 6.43 Å². The molecule has 0 amide bonds. The van der Waals surface area contributed by atoms with E-state index in [4.69, 9.17) is 0 Å². The zero-order chi connectivity index (χ0) is 14.9. The smallest absolute Gasteiger partial charge is 0.263 e. The molecule has 3 heteroatoms. The van der Waals surface area contributed by atoms with E-state index in [0.29, 0.717) is 5.56 Å². The molecule has 2 aromatic carbocycles. The number of aliphatic hydroxyl groups is 1. The van der Waals surface area contributed by atoms with Crippen LogP contribution in [0.4, 0.5) is 8.78 Å². The summed E-state index contributed by atoms with van der Waals surface area (Å²) in [6.45, 7) is 5.96. The third-order valence-electron chi connectivity index (χ3n) is 3.68. The van der Waals surface area contributed by atoms with Crippen molar-refractivity contribution in [2.75, 3.05) is 0 Å². The molecule has 0 aliphatic heterocycles. The van der Waals surface area contributed by atoms with Crippen molar-refractivity contribution >= 4 is 0 Å². The van der Waals surface area contributed by atoms with Crippen molar-refractivity contribution in [1.82, 2.24) is 0 Å². The van der Waals surface area contributed by atoms with Gasteiger partial charge in [-0.25, -0.2) is 8.78 Å². The van der Waals surface area contributed by atoms with Crippen molar-refractivity contribution in [3.8, 4) is 0 Å². The molecule has 0 saturated carbocycles. The predicted octanol–water partition coefficient (Wildman–Crippen LogP) is 4.63. The summed E-state index contributed by atoms with van der Waals surface area (Å²) < 4.78 is 25.0. The first kappa shape index (κ1) is 14.7. The average molecular weight is 276 g/mol. The molecule has 1 nitrogen and oxygen atoms in total. The fourth-order valence-electron chi connectivity index (χ4n) is 2.28. The highest BCUT2D eigenvalue weighted by Gasteiger charge is 2.15. The number of halogens is 2. The van der Waals surface area contributed by atoms with Crippen LogP contribution >= 0.6 is 0 Å². The van der Waals surface area contributed by atoms with Gasteiger partial charge in [0.15, 0.2) is 0 Å². The Kier molecular flexibility index (Phi) is 4.19. The van der Waals surface area contributed by atoms with E-state index in [9.17, 15) is 13.9 Å². The number of aliphatic hydroxyl groups excluding tert-OH is 1. The highest BCUT2D eigenvalue weighted by Crippen LogP contribution is 2.28. The van der Waals surface area contributed by atoms with Crippen LogP contribution in [0, 0.1) is 20.8 Å². The standard InChI is InChI=1S/C17H18F2O/c1-10-8-12(3)15(9-11(10)2)16(20)13-4-6-14(7-5-13)17(18)19/h4-9,16-17,20H,1-3H3. The molecular weight excluding hydrogens is 258 g/mol. The molecule has 2 rings (SSSR count). The number of aryl methyl sites for hydroxylation is 3. The van der Waals surface area contributed by atoms with Crippen LogP contribution in [0.15, 0.2) is 36.4 Å². The predicted molar refractivity (Wildman–Crippen MR) is 76.1 cm³/mol. The van der Waals surface area contributed by atoms with Crippen LogP contribution < -0.4 is 0 Å². The molecule has 2 aromatic rings. The van der Waals surface area contributed by atoms with Gasteiger partial charge in [-0.15, -0.1) is 0 Å². The van der Waals surface area contributed by atoms with Gasteiger partial charge in [0, 0.05) is 5.56 Å². The van der Waals surface area contributed by atoms with Gasteiger partial charge < -0.3 is 5.11 Å². The quantitative estimate of drug-likeness (QED) is 0.866. The summed E-state index contributed by atoms with van der Waals surface area (Å²) in [4.78, 5) is 0. The topological polar surface area (TPSA) is 20.2 Å². The second-order valence-electron chi connectivity index (χ2n) is 5.16. The molecule has 1 N–H and O–H groups in total. The summed E-state index contributed by atoms with van der Waals surface area (Å²) >= 11 is 0. The lowest BCUT2D eigenvalue weighted by Gasteiger charge is -2.16. The fourth-order valence-corrected chi connectivity index (χ4v) is 2.28. The first-order chi connectivity index (χ1) is 9.40. The molecule has 0 saturated heterocycles. The molecule has 0 aliphatic carbocycles. The van der Waals surface area contributed by atoms with E-state index in [1.54, 1.807) is 12.1 Å². The monoisotopic (exact) mass is 276 g/mol. The molecule has 0 aromatic heterocycles. The number of benzene rings is 2. The lowest BCUT2D eigenvalue weighted by molar-refractivity contribution is 0.151. The Hall–Kier alpha value is -1.74. The maximum Gasteiger partial charge on any atom is 0.263 e. The van der Waals surface area contributed by atoms with Crippen LogP contribution in [0.25, 0.3) is 0 Å². The summed E-state index contributed by atoms with van der Waals surface area (Å²) in [7, 11) is 0. The van der Waals surface area contributed by atoms with Gasteiger partial charge in [0.05, 0.1) is 0 Å². The van der Waals surface area contributed by atoms with E-state index in [2.05, 4.69) is 0 Å². The minimum absolute atomic E-state index is 0.0299. The zero-order valence-corrected chi connectivity index (χ0v) is 11.8. The third kappa shape index (κ3) is 2.88. The van der Waals surface area contributed by atoms with Crippen LogP contribution in [-0.4, -0.2) is 5.11 Å². The molecule has 0 heterocycles. The van der Waals surface area contributed by atoms with Gasteiger partial charge in [-0.1, -0.05) is 36.4 Å². The molecule has 0 radical (unpaired) electrons. The SMILES string of the molecule is Cc1cc(C)c(C(O)c2ccc(C(F)F)cc2)cc1C. The normalized spacial score (nSPS) is 12.8. The number of alkyl halides is 2. The fraction of sp³-hybridized carbons (Fsp3) is 0.294. The Morgan fingerprint density at radius 2 is 1.30 bits per heavy atom. The first-order valence-electron chi connectivity index (χ1n) is 6.54. The van der Waals surface area contributed by atoms with E-state index in [0.717, 1.165) is 16.7 Å². The minimum atomic E-state index is -2.48. The molecule has 0 fully saturated rings. The van der Waals surface area contributed by atoms with Crippen molar-refractivity contribution in [2.45, 2.75) is 33.3 Å². The Balaban J connectivity index is 2.36. The molecule has 1 atom stereocenters. The lowest BCUT2D eigenvalue weighted by Crippen LogP contribution is -2.03. The summed E-state index contributed by atoms with van der Waals surface area (Å²) in [5, 5.41) is 10.4. The van der Waals surface area contributed by atoms with Gasteiger partial charge in [-0.3, -0.25) is 0 Å². The van der Waals surface area contributed by atoms with Gasteiger partial charge in [-0.2, -0.15) is 0 Å². The van der Waals surface area contributed by atoms with E-state index in [-0.39, 0.29) is 5.56 Å². The Morgan fingerprint density at radius 1 is 0.800 bits per heavy atom. The van der Waals surface area contributed by atoms with Crippen LogP contribution in [-0.2, 0) is 0 Å². The first-order valence-corrected chi connectivity index (χ1v) is 6.54. The summed E-state index contributed by atoms with van der Waals surface area (Å²) in [6, 6.07) is 9.82. The van der Waals surface area contributed by atoms with Gasteiger partial charge in [0.1, 0.15) is 6.10 Å². The van der Waals surface area contributed by atoms with Crippen molar-refractivity contribution < 1.29 is 13.9 Å². The number of rotatable bonds is 3. The number of hydrogen-bond donors (Lipinski definition) is 1. The molecule has 0 aliphatic rings. The highest BCUT2D eigenvalue weighted by molar-refractivity contribution is 5.41. The van der Waals surface area contributed by atoms with E-state index >= 15 is 0 Å². The third-order valence-corrected chi connectivity index (χ3v) is 3.68. The van der Waals surface area contributed by atoms with Crippen LogP contribution in [0.2, 0.25) is 0 Å². The molecule has 106 valence electrons. The van der Waals surface area contributed by atoms with Gasteiger partial charge in [-0.05, 0) is 48.6 Å². The largest absolute Gasteiger partial charge is 0.384 e. The second-order valence-corrected chi connectivity index (χ2v) is 5.16. The minimum Gasteiger partial charge on any atom is -0.384 e. The second kappa shape index (κ2) is 5.71. The van der Waals surface area contributed by atoms with Crippen LogP contribution in [0.1, 0.15) is 45.9 Å². The summed E-state index contributed by atoms with van der Waals surface area (Å²) in [5.41, 5.74) is 4.69. The van der Waals surface area contributed by atoms with Crippen molar-refractivity contribution in [1.29, 1.82) is 0 Å². The van der Waals surface area contributed by atoms with Crippen molar-refractivity contribution in [3.63, 3.8) is 0 Å². The molecular formula is C17H18F2O. The van der Waals surface area contributed by atoms with Crippen molar-refractivity contribution in [3.05, 3.63) is 69.8 Å². The summed E-state index contributed by atoms with van der Waals surface area (Å²) in [5.74, 6) is 0. The summed E-state index contributed by atoms with van der Waals surface area (Å²) in [6.07, 6.45) is -3.27. The molecule has 20 heavy (non-hydrogen) atoms. The Morgan fingerprint density at radius 3 is 1.85 bits per heavy atom. The van der Waals surface area contributed by atoms with Gasteiger partial charge in [0.2, 0.25) is 0 Å². The molecule has 0 bridgehead atoms. The van der Waals surface area contributed by atoms with Gasteiger partial charge >= 0.3 is 0 Å². The number of hydrogen-bond acceptors (Lipinski definition) is 1. The van der Waals surface area contributed by atoms with Crippen LogP contribution in [0.3, 0.4) is 0 Å². The molecule has 0 spiro atoms. The molecule has 1 unspecified atom stereocenters. The van der Waals surface area contributed by atoms with E-state index in [1.165, 1.54) is 17.7 Å². The Bertz CT molecular complexity index is 603. The van der Waals surface area contributed by atoms with Crippen LogP contribution in [0.5, 0.6) is 0 Å². The maximum absolute atomic E-state index is 12.5. The highest BCUT2D eigenvalue weighted by atomic mass is 19.3. The Labute approximate surface area is 117 Å².